The zero-order chi connectivity index (χ0) is 8.55. The van der Waals surface area contributed by atoms with Crippen molar-refractivity contribution in [2.45, 2.75) is 18.9 Å². The van der Waals surface area contributed by atoms with Gasteiger partial charge in [-0.3, -0.25) is 0 Å². The molecule has 0 radical (unpaired) electrons. The highest BCUT2D eigenvalue weighted by Gasteiger charge is 2.24. The molecule has 0 bridgehead atoms. The number of hydrogen-bond acceptors (Lipinski definition) is 2. The lowest BCUT2D eigenvalue weighted by Crippen LogP contribution is -1.95. The number of aromatic hydroxyl groups is 1. The summed E-state index contributed by atoms with van der Waals surface area (Å²) >= 11 is 5.83. The van der Waals surface area contributed by atoms with E-state index >= 15 is 0 Å². The zero-order valence-electron chi connectivity index (χ0n) is 6.46. The lowest BCUT2D eigenvalue weighted by Gasteiger charge is -2.05. The van der Waals surface area contributed by atoms with E-state index in [2.05, 4.69) is 0 Å². The minimum absolute atomic E-state index is 0.190. The number of phenols is 1. The monoisotopic (exact) mass is 184 g/mol. The fraction of sp³-hybridized carbons (Fsp3) is 0.333. The van der Waals surface area contributed by atoms with Gasteiger partial charge in [-0.05, 0) is 25.0 Å². The first-order valence-electron chi connectivity index (χ1n) is 3.91. The molecule has 1 fully saturated rings. The summed E-state index contributed by atoms with van der Waals surface area (Å²) in [6.07, 6.45) is 2.49. The van der Waals surface area contributed by atoms with Gasteiger partial charge in [0.25, 0.3) is 0 Å². The molecule has 0 aromatic heterocycles. The highest BCUT2D eigenvalue weighted by Crippen LogP contribution is 2.33. The second kappa shape index (κ2) is 2.87. The van der Waals surface area contributed by atoms with Crippen LogP contribution in [0.2, 0.25) is 5.02 Å². The molecule has 12 heavy (non-hydrogen) atoms. The SMILES string of the molecule is Oc1ccc(Cl)c(OC2CC2)c1. The smallest absolute Gasteiger partial charge is 0.141 e. The Morgan fingerprint density at radius 1 is 1.42 bits per heavy atom. The molecule has 2 rings (SSSR count). The summed E-state index contributed by atoms with van der Waals surface area (Å²) in [4.78, 5) is 0. The minimum Gasteiger partial charge on any atom is -0.508 e. The third kappa shape index (κ3) is 1.64. The van der Waals surface area contributed by atoms with Crippen molar-refractivity contribution in [3.63, 3.8) is 0 Å². The van der Waals surface area contributed by atoms with Crippen LogP contribution < -0.4 is 4.74 Å². The van der Waals surface area contributed by atoms with Crippen molar-refractivity contribution in [2.24, 2.45) is 0 Å². The topological polar surface area (TPSA) is 29.5 Å². The van der Waals surface area contributed by atoms with E-state index < -0.39 is 0 Å². The molecule has 0 heterocycles. The Labute approximate surface area is 75.7 Å². The maximum Gasteiger partial charge on any atom is 0.141 e. The molecule has 1 aromatic rings. The molecule has 1 saturated carbocycles. The molecule has 1 aromatic carbocycles. The zero-order valence-corrected chi connectivity index (χ0v) is 7.21. The number of hydrogen-bond donors (Lipinski definition) is 1. The van der Waals surface area contributed by atoms with Crippen LogP contribution >= 0.6 is 11.6 Å². The molecule has 0 atom stereocenters. The van der Waals surface area contributed by atoms with Crippen LogP contribution in [0.5, 0.6) is 11.5 Å². The molecule has 1 aliphatic rings. The molecule has 1 aliphatic carbocycles. The molecule has 0 aliphatic heterocycles. The van der Waals surface area contributed by atoms with Crippen molar-refractivity contribution < 1.29 is 9.84 Å². The lowest BCUT2D eigenvalue weighted by atomic mass is 10.3. The molecule has 64 valence electrons. The fourth-order valence-corrected chi connectivity index (χ4v) is 1.11. The third-order valence-electron chi connectivity index (χ3n) is 1.73. The van der Waals surface area contributed by atoms with E-state index in [0.717, 1.165) is 12.8 Å². The normalized spacial score (nSPS) is 16.1. The third-order valence-corrected chi connectivity index (χ3v) is 2.05. The summed E-state index contributed by atoms with van der Waals surface area (Å²) in [7, 11) is 0. The van der Waals surface area contributed by atoms with Gasteiger partial charge in [-0.2, -0.15) is 0 Å². The highest BCUT2D eigenvalue weighted by atomic mass is 35.5. The van der Waals surface area contributed by atoms with Crippen molar-refractivity contribution in [3.05, 3.63) is 23.2 Å². The molecule has 0 spiro atoms. The van der Waals surface area contributed by atoms with E-state index in [-0.39, 0.29) is 5.75 Å². The van der Waals surface area contributed by atoms with Gasteiger partial charge in [0.2, 0.25) is 0 Å². The van der Waals surface area contributed by atoms with Gasteiger partial charge < -0.3 is 9.84 Å². The molecule has 2 nitrogen and oxygen atoms in total. The van der Waals surface area contributed by atoms with Crippen LogP contribution in [0, 0.1) is 0 Å². The van der Waals surface area contributed by atoms with Crippen LogP contribution in [0.15, 0.2) is 18.2 Å². The van der Waals surface area contributed by atoms with Crippen molar-refractivity contribution in [3.8, 4) is 11.5 Å². The van der Waals surface area contributed by atoms with Crippen molar-refractivity contribution >= 4 is 11.6 Å². The van der Waals surface area contributed by atoms with E-state index in [1.165, 1.54) is 0 Å². The van der Waals surface area contributed by atoms with E-state index in [0.29, 0.717) is 16.9 Å². The van der Waals surface area contributed by atoms with E-state index in [4.69, 9.17) is 21.4 Å². The Kier molecular flexibility index (Phi) is 1.85. The fourth-order valence-electron chi connectivity index (χ4n) is 0.948. The molecular formula is C9H9ClO2. The van der Waals surface area contributed by atoms with Gasteiger partial charge in [-0.15, -0.1) is 0 Å². The Bertz CT molecular complexity index is 295. The minimum atomic E-state index is 0.190. The number of halogens is 1. The van der Waals surface area contributed by atoms with Crippen LogP contribution in [0.25, 0.3) is 0 Å². The van der Waals surface area contributed by atoms with E-state index in [1.54, 1.807) is 18.2 Å². The van der Waals surface area contributed by atoms with E-state index in [9.17, 15) is 0 Å². The Balaban J connectivity index is 2.21. The maximum atomic E-state index is 9.13. The largest absolute Gasteiger partial charge is 0.508 e. The first-order valence-corrected chi connectivity index (χ1v) is 4.28. The van der Waals surface area contributed by atoms with Crippen LogP contribution in [-0.2, 0) is 0 Å². The predicted octanol–water partition coefficient (Wildman–Crippen LogP) is 2.59. The molecular weight excluding hydrogens is 176 g/mol. The summed E-state index contributed by atoms with van der Waals surface area (Å²) < 4.78 is 5.44. The van der Waals surface area contributed by atoms with Gasteiger partial charge in [-0.1, -0.05) is 11.6 Å². The molecule has 0 saturated heterocycles. The number of rotatable bonds is 2. The Morgan fingerprint density at radius 2 is 2.17 bits per heavy atom. The van der Waals surface area contributed by atoms with Gasteiger partial charge in [0.05, 0.1) is 11.1 Å². The van der Waals surface area contributed by atoms with Crippen molar-refractivity contribution in [1.29, 1.82) is 0 Å². The predicted molar refractivity (Wildman–Crippen MR) is 46.8 cm³/mol. The van der Waals surface area contributed by atoms with Crippen LogP contribution in [0.4, 0.5) is 0 Å². The average Bonchev–Trinajstić information content (AvgIpc) is 2.81. The lowest BCUT2D eigenvalue weighted by molar-refractivity contribution is 0.301. The molecule has 3 heteroatoms. The van der Waals surface area contributed by atoms with Crippen LogP contribution in [-0.4, -0.2) is 11.2 Å². The Morgan fingerprint density at radius 3 is 2.83 bits per heavy atom. The van der Waals surface area contributed by atoms with Crippen molar-refractivity contribution in [2.75, 3.05) is 0 Å². The van der Waals surface area contributed by atoms with Crippen molar-refractivity contribution in [1.82, 2.24) is 0 Å². The quantitative estimate of drug-likeness (QED) is 0.766. The van der Waals surface area contributed by atoms with Gasteiger partial charge in [0.15, 0.2) is 0 Å². The maximum absolute atomic E-state index is 9.13. The highest BCUT2D eigenvalue weighted by molar-refractivity contribution is 6.32. The summed E-state index contributed by atoms with van der Waals surface area (Å²) in [6, 6.07) is 4.72. The van der Waals surface area contributed by atoms with Crippen LogP contribution in [0.3, 0.4) is 0 Å². The van der Waals surface area contributed by atoms with Gasteiger partial charge in [-0.25, -0.2) is 0 Å². The molecule has 0 unspecified atom stereocenters. The summed E-state index contributed by atoms with van der Waals surface area (Å²) in [6.45, 7) is 0. The summed E-state index contributed by atoms with van der Waals surface area (Å²) in [5.41, 5.74) is 0. The molecule has 0 amide bonds. The average molecular weight is 185 g/mol. The van der Waals surface area contributed by atoms with Gasteiger partial charge in [0.1, 0.15) is 11.5 Å². The van der Waals surface area contributed by atoms with Gasteiger partial charge >= 0.3 is 0 Å². The second-order valence-electron chi connectivity index (χ2n) is 2.93. The number of phenolic OH excluding ortho intramolecular Hbond substituents is 1. The Hall–Kier alpha value is -0.890. The number of benzene rings is 1. The molecule has 1 N–H and O–H groups in total. The summed E-state index contributed by atoms with van der Waals surface area (Å²) in [5, 5.41) is 9.69. The first kappa shape index (κ1) is 7.74. The van der Waals surface area contributed by atoms with E-state index in [1.807, 2.05) is 0 Å². The standard InChI is InChI=1S/C9H9ClO2/c10-8-4-1-6(11)5-9(8)12-7-2-3-7/h1,4-5,7,11H,2-3H2. The number of ether oxygens (including phenoxy) is 1. The second-order valence-corrected chi connectivity index (χ2v) is 3.34. The van der Waals surface area contributed by atoms with Crippen LogP contribution in [0.1, 0.15) is 12.8 Å². The summed E-state index contributed by atoms with van der Waals surface area (Å²) in [5.74, 6) is 0.772. The first-order chi connectivity index (χ1) is 5.75. The van der Waals surface area contributed by atoms with Gasteiger partial charge in [0, 0.05) is 6.07 Å².